The first-order valence-electron chi connectivity index (χ1n) is 12.3. The van der Waals surface area contributed by atoms with Crippen LogP contribution >= 0.6 is 0 Å². The monoisotopic (exact) mass is 485 g/mol. The standard InChI is InChI=1S/C30H31NO5/c1-3-5-18-36-25-13-9-12-23(19-25)27-26(28(32)22-14-16-24(17-15-22)35-4-2)29(33)30(34)31(27)20-21-10-7-6-8-11-21/h6-17,19,27,32H,3-5,18,20H2,1-2H3/b28-26+. The number of Topliss-reactive ketones (excluding diaryl/α,β-unsaturated/α-hetero) is 1. The van der Waals surface area contributed by atoms with Gasteiger partial charge in [-0.2, -0.15) is 0 Å². The number of rotatable bonds is 10. The Hall–Kier alpha value is -4.06. The molecule has 4 rings (SSSR count). The van der Waals surface area contributed by atoms with Gasteiger partial charge in [-0.3, -0.25) is 9.59 Å². The molecule has 1 saturated heterocycles. The minimum absolute atomic E-state index is 0.0609. The van der Waals surface area contributed by atoms with Crippen LogP contribution in [0.3, 0.4) is 0 Å². The number of ketones is 1. The second kappa shape index (κ2) is 11.6. The van der Waals surface area contributed by atoms with E-state index in [2.05, 4.69) is 6.92 Å². The number of unbranched alkanes of at least 4 members (excludes halogenated alkanes) is 1. The number of aliphatic hydroxyl groups excluding tert-OH is 1. The zero-order valence-corrected chi connectivity index (χ0v) is 20.6. The molecule has 1 heterocycles. The topological polar surface area (TPSA) is 76.1 Å². The summed E-state index contributed by atoms with van der Waals surface area (Å²) >= 11 is 0. The molecule has 1 fully saturated rings. The second-order valence-electron chi connectivity index (χ2n) is 8.64. The molecule has 1 unspecified atom stereocenters. The van der Waals surface area contributed by atoms with Crippen LogP contribution in [0.2, 0.25) is 0 Å². The number of nitrogens with zero attached hydrogens (tertiary/aromatic N) is 1. The molecule has 6 nitrogen and oxygen atoms in total. The molecule has 186 valence electrons. The highest BCUT2D eigenvalue weighted by Crippen LogP contribution is 2.41. The van der Waals surface area contributed by atoms with Crippen molar-refractivity contribution in [3.05, 3.63) is 101 Å². The molecular weight excluding hydrogens is 454 g/mol. The second-order valence-corrected chi connectivity index (χ2v) is 8.64. The largest absolute Gasteiger partial charge is 0.507 e. The van der Waals surface area contributed by atoms with E-state index in [0.29, 0.717) is 35.8 Å². The van der Waals surface area contributed by atoms with Crippen molar-refractivity contribution in [3.63, 3.8) is 0 Å². The van der Waals surface area contributed by atoms with E-state index in [4.69, 9.17) is 9.47 Å². The molecule has 1 aliphatic heterocycles. The third-order valence-electron chi connectivity index (χ3n) is 6.11. The van der Waals surface area contributed by atoms with Gasteiger partial charge in [-0.15, -0.1) is 0 Å². The summed E-state index contributed by atoms with van der Waals surface area (Å²) in [6.07, 6.45) is 1.94. The van der Waals surface area contributed by atoms with Crippen molar-refractivity contribution >= 4 is 17.4 Å². The first-order valence-corrected chi connectivity index (χ1v) is 12.3. The number of aliphatic hydroxyl groups is 1. The summed E-state index contributed by atoms with van der Waals surface area (Å²) in [5.74, 6) is -0.248. The molecule has 0 aromatic heterocycles. The average molecular weight is 486 g/mol. The fourth-order valence-corrected chi connectivity index (χ4v) is 4.31. The molecular formula is C30H31NO5. The van der Waals surface area contributed by atoms with Gasteiger partial charge < -0.3 is 19.5 Å². The number of hydrogen-bond acceptors (Lipinski definition) is 5. The van der Waals surface area contributed by atoms with Gasteiger partial charge >= 0.3 is 0 Å². The van der Waals surface area contributed by atoms with Crippen molar-refractivity contribution in [1.82, 2.24) is 4.90 Å². The third kappa shape index (κ3) is 5.43. The molecule has 1 N–H and O–H groups in total. The molecule has 1 atom stereocenters. The van der Waals surface area contributed by atoms with Gasteiger partial charge in [0.25, 0.3) is 11.7 Å². The number of amides is 1. The molecule has 1 aliphatic rings. The van der Waals surface area contributed by atoms with Crippen LogP contribution in [0, 0.1) is 0 Å². The van der Waals surface area contributed by atoms with Crippen molar-refractivity contribution in [2.24, 2.45) is 0 Å². The van der Waals surface area contributed by atoms with E-state index < -0.39 is 17.7 Å². The summed E-state index contributed by atoms with van der Waals surface area (Å²) < 4.78 is 11.4. The third-order valence-corrected chi connectivity index (χ3v) is 6.11. The Morgan fingerprint density at radius 3 is 2.33 bits per heavy atom. The van der Waals surface area contributed by atoms with E-state index in [9.17, 15) is 14.7 Å². The maximum atomic E-state index is 13.3. The summed E-state index contributed by atoms with van der Waals surface area (Å²) in [5.41, 5.74) is 2.09. The van der Waals surface area contributed by atoms with E-state index in [-0.39, 0.29) is 17.9 Å². The van der Waals surface area contributed by atoms with Gasteiger partial charge in [-0.25, -0.2) is 0 Å². The number of benzene rings is 3. The Balaban J connectivity index is 1.78. The van der Waals surface area contributed by atoms with Gasteiger partial charge in [0.1, 0.15) is 17.3 Å². The average Bonchev–Trinajstić information content (AvgIpc) is 3.15. The first kappa shape index (κ1) is 25.0. The Morgan fingerprint density at radius 2 is 1.64 bits per heavy atom. The van der Waals surface area contributed by atoms with Crippen molar-refractivity contribution in [1.29, 1.82) is 0 Å². The summed E-state index contributed by atoms with van der Waals surface area (Å²) in [5, 5.41) is 11.3. The summed E-state index contributed by atoms with van der Waals surface area (Å²) in [4.78, 5) is 28.1. The van der Waals surface area contributed by atoms with Crippen LogP contribution in [0.4, 0.5) is 0 Å². The smallest absolute Gasteiger partial charge is 0.295 e. The van der Waals surface area contributed by atoms with Crippen molar-refractivity contribution in [3.8, 4) is 11.5 Å². The zero-order chi connectivity index (χ0) is 25.5. The van der Waals surface area contributed by atoms with E-state index in [0.717, 1.165) is 18.4 Å². The predicted octanol–water partition coefficient (Wildman–Crippen LogP) is 5.89. The number of carbonyl (C=O) groups is 2. The lowest BCUT2D eigenvalue weighted by atomic mass is 9.95. The van der Waals surface area contributed by atoms with Crippen LogP contribution in [-0.4, -0.2) is 34.9 Å². The number of ether oxygens (including phenoxy) is 2. The quantitative estimate of drug-likeness (QED) is 0.168. The fraction of sp³-hybridized carbons (Fsp3) is 0.267. The molecule has 36 heavy (non-hydrogen) atoms. The SMILES string of the molecule is CCCCOc1cccc(C2/C(=C(\O)c3ccc(OCC)cc3)C(=O)C(=O)N2Cc2ccccc2)c1. The van der Waals surface area contributed by atoms with E-state index >= 15 is 0 Å². The minimum Gasteiger partial charge on any atom is -0.507 e. The number of hydrogen-bond donors (Lipinski definition) is 1. The van der Waals surface area contributed by atoms with E-state index in [1.165, 1.54) is 4.90 Å². The summed E-state index contributed by atoms with van der Waals surface area (Å²) in [6.45, 7) is 5.32. The van der Waals surface area contributed by atoms with Crippen molar-refractivity contribution < 1.29 is 24.2 Å². The zero-order valence-electron chi connectivity index (χ0n) is 20.6. The van der Waals surface area contributed by atoms with Crippen LogP contribution in [0.1, 0.15) is 49.4 Å². The van der Waals surface area contributed by atoms with E-state index in [1.807, 2.05) is 61.5 Å². The van der Waals surface area contributed by atoms with Crippen LogP contribution in [0.15, 0.2) is 84.4 Å². The summed E-state index contributed by atoms with van der Waals surface area (Å²) in [7, 11) is 0. The highest BCUT2D eigenvalue weighted by molar-refractivity contribution is 6.46. The Morgan fingerprint density at radius 1 is 0.889 bits per heavy atom. The first-order chi connectivity index (χ1) is 17.5. The molecule has 0 spiro atoms. The Labute approximate surface area is 211 Å². The maximum absolute atomic E-state index is 13.3. The van der Waals surface area contributed by atoms with Gasteiger partial charge in [-0.1, -0.05) is 55.8 Å². The van der Waals surface area contributed by atoms with Crippen LogP contribution in [-0.2, 0) is 16.1 Å². The number of carbonyl (C=O) groups excluding carboxylic acids is 2. The molecule has 0 radical (unpaired) electrons. The maximum Gasteiger partial charge on any atom is 0.295 e. The van der Waals surface area contributed by atoms with Gasteiger partial charge in [0.2, 0.25) is 0 Å². The van der Waals surface area contributed by atoms with Crippen molar-refractivity contribution in [2.75, 3.05) is 13.2 Å². The van der Waals surface area contributed by atoms with Gasteiger partial charge in [0.05, 0.1) is 24.8 Å². The molecule has 3 aromatic carbocycles. The van der Waals surface area contributed by atoms with Crippen molar-refractivity contribution in [2.45, 2.75) is 39.3 Å². The highest BCUT2D eigenvalue weighted by atomic mass is 16.5. The molecule has 6 heteroatoms. The molecule has 0 saturated carbocycles. The number of likely N-dealkylation sites (tertiary alicyclic amines) is 1. The van der Waals surface area contributed by atoms with Gasteiger partial charge in [0, 0.05) is 12.1 Å². The highest BCUT2D eigenvalue weighted by Gasteiger charge is 2.46. The minimum atomic E-state index is -0.758. The molecule has 0 aliphatic carbocycles. The normalized spacial score (nSPS) is 16.8. The molecule has 0 bridgehead atoms. The van der Waals surface area contributed by atoms with Gasteiger partial charge in [0.15, 0.2) is 0 Å². The van der Waals surface area contributed by atoms with Crippen LogP contribution in [0.5, 0.6) is 11.5 Å². The van der Waals surface area contributed by atoms with Gasteiger partial charge in [-0.05, 0) is 60.9 Å². The Bertz CT molecular complexity index is 1230. The van der Waals surface area contributed by atoms with Crippen LogP contribution < -0.4 is 9.47 Å². The molecule has 3 aromatic rings. The predicted molar refractivity (Wildman–Crippen MR) is 139 cm³/mol. The van der Waals surface area contributed by atoms with Crippen LogP contribution in [0.25, 0.3) is 5.76 Å². The van der Waals surface area contributed by atoms with E-state index in [1.54, 1.807) is 24.3 Å². The Kier molecular flexibility index (Phi) is 8.06. The lowest BCUT2D eigenvalue weighted by molar-refractivity contribution is -0.140. The lowest BCUT2D eigenvalue weighted by Crippen LogP contribution is -2.29. The fourth-order valence-electron chi connectivity index (χ4n) is 4.31. The lowest BCUT2D eigenvalue weighted by Gasteiger charge is -2.26. The summed E-state index contributed by atoms with van der Waals surface area (Å²) in [6, 6.07) is 23.0. The molecule has 1 amide bonds.